The highest BCUT2D eigenvalue weighted by Gasteiger charge is 2.31. The Bertz CT molecular complexity index is 997. The molecule has 0 bridgehead atoms. The lowest BCUT2D eigenvalue weighted by molar-refractivity contribution is -0.274. The molecule has 0 radical (unpaired) electrons. The van der Waals surface area contributed by atoms with Gasteiger partial charge in [-0.05, 0) is 80.6 Å². The molecule has 0 saturated carbocycles. The van der Waals surface area contributed by atoms with E-state index in [1.165, 1.54) is 23.9 Å². The highest BCUT2D eigenvalue weighted by Crippen LogP contribution is 2.31. The van der Waals surface area contributed by atoms with E-state index in [-0.39, 0.29) is 11.8 Å². The number of thioether (sulfide) groups is 1. The average molecular weight is 484 g/mol. The van der Waals surface area contributed by atoms with Gasteiger partial charge in [0.2, 0.25) is 0 Å². The van der Waals surface area contributed by atoms with Gasteiger partial charge < -0.3 is 19.5 Å². The van der Waals surface area contributed by atoms with Gasteiger partial charge in [0.05, 0.1) is 0 Å². The molecular weight excluding hydrogens is 459 g/mol. The third-order valence-corrected chi connectivity index (χ3v) is 6.40. The second-order valence-corrected chi connectivity index (χ2v) is 9.01. The Balaban J connectivity index is 1.63. The van der Waals surface area contributed by atoms with E-state index in [0.717, 1.165) is 41.0 Å². The number of nitrogens with zero attached hydrogens (tertiary/aromatic N) is 1. The number of hydrogen-bond acceptors (Lipinski definition) is 5. The minimum Gasteiger partial charge on any atom is -0.480 e. The number of carbonyl (C=O) groups excluding carboxylic acids is 1. The van der Waals surface area contributed by atoms with Crippen molar-refractivity contribution in [3.05, 3.63) is 53.6 Å². The van der Waals surface area contributed by atoms with Crippen LogP contribution in [0.2, 0.25) is 0 Å². The second kappa shape index (κ2) is 10.4. The Hall–Kier alpha value is -2.88. The van der Waals surface area contributed by atoms with Crippen molar-refractivity contribution in [1.82, 2.24) is 4.90 Å². The van der Waals surface area contributed by atoms with E-state index >= 15 is 0 Å². The predicted molar refractivity (Wildman–Crippen MR) is 117 cm³/mol. The molecule has 2 unspecified atom stereocenters. The van der Waals surface area contributed by atoms with Gasteiger partial charge in [-0.15, -0.1) is 24.9 Å². The number of amides is 1. The SMILES string of the molecule is CCN(C(=O)Oc1ccc(OC(F)(F)F)cc1)C1CCc2cc(SC(C)C(=O)O)ccc2C1. The number of hydrogen-bond donors (Lipinski definition) is 1. The monoisotopic (exact) mass is 483 g/mol. The van der Waals surface area contributed by atoms with E-state index in [1.807, 2.05) is 25.1 Å². The Morgan fingerprint density at radius 3 is 2.42 bits per heavy atom. The maximum Gasteiger partial charge on any atom is 0.573 e. The number of alkyl halides is 3. The number of carbonyl (C=O) groups is 2. The van der Waals surface area contributed by atoms with Crippen molar-refractivity contribution < 1.29 is 37.3 Å². The van der Waals surface area contributed by atoms with Gasteiger partial charge in [-0.3, -0.25) is 4.79 Å². The average Bonchev–Trinajstić information content (AvgIpc) is 2.74. The Labute approximate surface area is 193 Å². The van der Waals surface area contributed by atoms with E-state index in [9.17, 15) is 22.8 Å². The van der Waals surface area contributed by atoms with Crippen molar-refractivity contribution in [2.24, 2.45) is 0 Å². The van der Waals surface area contributed by atoms with E-state index in [1.54, 1.807) is 11.8 Å². The van der Waals surface area contributed by atoms with Crippen LogP contribution in [0.5, 0.6) is 11.5 Å². The van der Waals surface area contributed by atoms with Crippen molar-refractivity contribution in [2.75, 3.05) is 6.54 Å². The summed E-state index contributed by atoms with van der Waals surface area (Å²) in [6.07, 6.45) is -3.27. The van der Waals surface area contributed by atoms with Crippen molar-refractivity contribution >= 4 is 23.8 Å². The smallest absolute Gasteiger partial charge is 0.480 e. The number of carboxylic acids is 1. The fraction of sp³-hybridized carbons (Fsp3) is 0.391. The van der Waals surface area contributed by atoms with Crippen LogP contribution < -0.4 is 9.47 Å². The number of rotatable bonds is 7. The minimum atomic E-state index is -4.79. The van der Waals surface area contributed by atoms with Crippen LogP contribution in [0, 0.1) is 0 Å². The summed E-state index contributed by atoms with van der Waals surface area (Å²) in [7, 11) is 0. The van der Waals surface area contributed by atoms with Gasteiger partial charge in [0, 0.05) is 17.5 Å². The molecule has 0 heterocycles. The van der Waals surface area contributed by atoms with Crippen LogP contribution in [0.4, 0.5) is 18.0 Å². The molecule has 10 heteroatoms. The molecule has 0 aliphatic heterocycles. The molecule has 1 amide bonds. The lowest BCUT2D eigenvalue weighted by Crippen LogP contribution is -2.44. The summed E-state index contributed by atoms with van der Waals surface area (Å²) >= 11 is 1.29. The number of likely N-dealkylation sites (N-methyl/N-ethyl adjacent to an activating group) is 1. The molecule has 0 aromatic heterocycles. The maximum atomic E-state index is 12.7. The van der Waals surface area contributed by atoms with E-state index < -0.39 is 29.4 Å². The number of ether oxygens (including phenoxy) is 2. The second-order valence-electron chi connectivity index (χ2n) is 7.60. The van der Waals surface area contributed by atoms with Gasteiger partial charge in [-0.1, -0.05) is 6.07 Å². The van der Waals surface area contributed by atoms with Crippen LogP contribution in [0.25, 0.3) is 0 Å². The van der Waals surface area contributed by atoms with E-state index in [0.29, 0.717) is 13.0 Å². The van der Waals surface area contributed by atoms with Crippen LogP contribution in [0.1, 0.15) is 31.4 Å². The number of halogens is 3. The summed E-state index contributed by atoms with van der Waals surface area (Å²) in [4.78, 5) is 26.3. The highest BCUT2D eigenvalue weighted by molar-refractivity contribution is 8.00. The van der Waals surface area contributed by atoms with Gasteiger partial charge in [-0.25, -0.2) is 4.79 Å². The maximum absolute atomic E-state index is 12.7. The van der Waals surface area contributed by atoms with Crippen LogP contribution in [0.15, 0.2) is 47.4 Å². The highest BCUT2D eigenvalue weighted by atomic mass is 32.2. The largest absolute Gasteiger partial charge is 0.573 e. The summed E-state index contributed by atoms with van der Waals surface area (Å²) in [5.74, 6) is -1.13. The number of aliphatic carboxylic acids is 1. The number of fused-ring (bicyclic) bond motifs is 1. The van der Waals surface area contributed by atoms with Crippen LogP contribution >= 0.6 is 11.8 Å². The molecule has 2 aromatic carbocycles. The van der Waals surface area contributed by atoms with E-state index in [2.05, 4.69) is 4.74 Å². The lowest BCUT2D eigenvalue weighted by Gasteiger charge is -2.34. The third kappa shape index (κ3) is 6.80. The Kier molecular flexibility index (Phi) is 7.78. The number of benzene rings is 2. The first kappa shape index (κ1) is 24.8. The van der Waals surface area contributed by atoms with Gasteiger partial charge in [0.25, 0.3) is 0 Å². The molecule has 3 rings (SSSR count). The summed E-state index contributed by atoms with van der Waals surface area (Å²) in [5.41, 5.74) is 2.23. The first-order valence-electron chi connectivity index (χ1n) is 10.4. The fourth-order valence-corrected chi connectivity index (χ4v) is 4.58. The van der Waals surface area contributed by atoms with Crippen molar-refractivity contribution in [2.45, 2.75) is 55.7 Å². The summed E-state index contributed by atoms with van der Waals surface area (Å²) in [5, 5.41) is 8.56. The predicted octanol–water partition coefficient (Wildman–Crippen LogP) is 5.53. The molecule has 1 N–H and O–H groups in total. The normalized spacial score (nSPS) is 16.5. The zero-order valence-corrected chi connectivity index (χ0v) is 18.9. The fourth-order valence-electron chi connectivity index (χ4n) is 3.71. The van der Waals surface area contributed by atoms with Crippen molar-refractivity contribution in [3.8, 4) is 11.5 Å². The minimum absolute atomic E-state index is 0.0840. The number of aryl methyl sites for hydroxylation is 1. The molecule has 1 aliphatic carbocycles. The van der Waals surface area contributed by atoms with Gasteiger partial charge in [-0.2, -0.15) is 0 Å². The standard InChI is InChI=1S/C23H24F3NO5S/c1-3-27(22(30)31-18-7-9-19(10-8-18)32-23(24,25)26)17-6-4-16-13-20(11-5-15(16)12-17)33-14(2)21(28)29/h5,7-11,13-14,17H,3-4,6,12H2,1-2H3,(H,28,29). The van der Waals surface area contributed by atoms with E-state index in [4.69, 9.17) is 9.84 Å². The first-order chi connectivity index (χ1) is 15.6. The summed E-state index contributed by atoms with van der Waals surface area (Å²) < 4.78 is 46.0. The van der Waals surface area contributed by atoms with Crippen LogP contribution in [0.3, 0.4) is 0 Å². The molecule has 178 valence electrons. The zero-order chi connectivity index (χ0) is 24.2. The summed E-state index contributed by atoms with van der Waals surface area (Å²) in [6, 6.07) is 10.5. The third-order valence-electron chi connectivity index (χ3n) is 5.32. The quantitative estimate of drug-likeness (QED) is 0.522. The molecule has 0 spiro atoms. The topological polar surface area (TPSA) is 76.1 Å². The molecule has 6 nitrogen and oxygen atoms in total. The molecule has 33 heavy (non-hydrogen) atoms. The Morgan fingerprint density at radius 2 is 1.82 bits per heavy atom. The summed E-state index contributed by atoms with van der Waals surface area (Å²) in [6.45, 7) is 3.90. The Morgan fingerprint density at radius 1 is 1.15 bits per heavy atom. The van der Waals surface area contributed by atoms with Crippen LogP contribution in [-0.4, -0.2) is 46.3 Å². The molecule has 1 aliphatic rings. The number of carboxylic acid groups (broad SMARTS) is 1. The van der Waals surface area contributed by atoms with Gasteiger partial charge in [0.15, 0.2) is 0 Å². The first-order valence-corrected chi connectivity index (χ1v) is 11.3. The lowest BCUT2D eigenvalue weighted by atomic mass is 9.87. The molecular formula is C23H24F3NO5S. The van der Waals surface area contributed by atoms with Crippen molar-refractivity contribution in [1.29, 1.82) is 0 Å². The van der Waals surface area contributed by atoms with Crippen LogP contribution in [-0.2, 0) is 17.6 Å². The molecule has 0 fully saturated rings. The van der Waals surface area contributed by atoms with Gasteiger partial charge in [0.1, 0.15) is 16.7 Å². The zero-order valence-electron chi connectivity index (χ0n) is 18.1. The molecule has 0 saturated heterocycles. The van der Waals surface area contributed by atoms with Gasteiger partial charge >= 0.3 is 18.4 Å². The molecule has 2 atom stereocenters. The molecule has 2 aromatic rings. The van der Waals surface area contributed by atoms with Crippen molar-refractivity contribution in [3.63, 3.8) is 0 Å².